The number of hydrogen-bond acceptors (Lipinski definition) is 2. The maximum atomic E-state index is 12.8. The number of nitrogens with zero attached hydrogens (tertiary/aromatic N) is 1. The zero-order valence-electron chi connectivity index (χ0n) is 10.3. The second kappa shape index (κ2) is 5.17. The van der Waals surface area contributed by atoms with Crippen LogP contribution in [-0.4, -0.2) is 11.0 Å². The Balaban J connectivity index is 1.57. The Morgan fingerprint density at radius 3 is 2.58 bits per heavy atom. The van der Waals surface area contributed by atoms with E-state index in [1.54, 1.807) is 6.20 Å². The smallest absolute Gasteiger partial charge is 0.131 e. The molecule has 0 amide bonds. The average Bonchev–Trinajstić information content (AvgIpc) is 2.35. The lowest BCUT2D eigenvalue weighted by molar-refractivity contribution is 0.374. The molecule has 0 bridgehead atoms. The van der Waals surface area contributed by atoms with Gasteiger partial charge in [0.2, 0.25) is 0 Å². The van der Waals surface area contributed by atoms with E-state index in [4.69, 9.17) is 11.6 Å². The van der Waals surface area contributed by atoms with Crippen molar-refractivity contribution in [3.05, 3.63) is 59.1 Å². The average molecular weight is 277 g/mol. The van der Waals surface area contributed by atoms with Crippen LogP contribution in [0.1, 0.15) is 24.3 Å². The van der Waals surface area contributed by atoms with Crippen molar-refractivity contribution in [3.8, 4) is 0 Å². The Labute approximate surface area is 116 Å². The predicted octanol–water partition coefficient (Wildman–Crippen LogP) is 4.23. The van der Waals surface area contributed by atoms with Crippen molar-refractivity contribution in [1.82, 2.24) is 4.98 Å². The molecule has 1 aliphatic carbocycles. The molecule has 1 N–H and O–H groups in total. The molecule has 19 heavy (non-hydrogen) atoms. The first-order chi connectivity index (χ1) is 9.20. The summed E-state index contributed by atoms with van der Waals surface area (Å²) in [5, 5.41) is 3.93. The highest BCUT2D eigenvalue weighted by atomic mass is 35.5. The standard InChI is InChI=1S/C15H14ClFN2/c16-15-9-13(5-6-18-15)19-14-7-11(8-14)10-1-3-12(17)4-2-10/h1-6,9,11,14H,7-8H2,(H,18,19). The van der Waals surface area contributed by atoms with Crippen molar-refractivity contribution in [2.24, 2.45) is 0 Å². The molecule has 1 heterocycles. The number of pyridine rings is 1. The van der Waals surface area contributed by atoms with Crippen molar-refractivity contribution >= 4 is 17.3 Å². The second-order valence-electron chi connectivity index (χ2n) is 4.93. The van der Waals surface area contributed by atoms with Gasteiger partial charge in [0.1, 0.15) is 11.0 Å². The summed E-state index contributed by atoms with van der Waals surface area (Å²) < 4.78 is 12.8. The van der Waals surface area contributed by atoms with Gasteiger partial charge in [0.15, 0.2) is 0 Å². The van der Waals surface area contributed by atoms with Crippen LogP contribution < -0.4 is 5.32 Å². The zero-order valence-corrected chi connectivity index (χ0v) is 11.1. The molecule has 0 spiro atoms. The Kier molecular flexibility index (Phi) is 3.38. The lowest BCUT2D eigenvalue weighted by atomic mass is 9.76. The fraction of sp³-hybridized carbons (Fsp3) is 0.267. The number of anilines is 1. The number of benzene rings is 1. The predicted molar refractivity (Wildman–Crippen MR) is 75.0 cm³/mol. The van der Waals surface area contributed by atoms with E-state index in [2.05, 4.69) is 10.3 Å². The van der Waals surface area contributed by atoms with Gasteiger partial charge < -0.3 is 5.32 Å². The van der Waals surface area contributed by atoms with Gasteiger partial charge in [0.25, 0.3) is 0 Å². The topological polar surface area (TPSA) is 24.9 Å². The molecule has 1 aromatic heterocycles. The maximum absolute atomic E-state index is 12.8. The van der Waals surface area contributed by atoms with Crippen LogP contribution in [0.2, 0.25) is 5.15 Å². The van der Waals surface area contributed by atoms with Gasteiger partial charge in [-0.05, 0) is 48.6 Å². The van der Waals surface area contributed by atoms with Gasteiger partial charge in [-0.3, -0.25) is 0 Å². The SMILES string of the molecule is Fc1ccc(C2CC(Nc3ccnc(Cl)c3)C2)cc1. The minimum absolute atomic E-state index is 0.177. The van der Waals surface area contributed by atoms with E-state index in [9.17, 15) is 4.39 Å². The monoisotopic (exact) mass is 276 g/mol. The van der Waals surface area contributed by atoms with Gasteiger partial charge in [-0.1, -0.05) is 23.7 Å². The highest BCUT2D eigenvalue weighted by molar-refractivity contribution is 6.29. The molecule has 0 radical (unpaired) electrons. The lowest BCUT2D eigenvalue weighted by Gasteiger charge is -2.36. The van der Waals surface area contributed by atoms with Crippen LogP contribution in [0.3, 0.4) is 0 Å². The molecule has 0 aliphatic heterocycles. The fourth-order valence-corrected chi connectivity index (χ4v) is 2.64. The zero-order chi connectivity index (χ0) is 13.2. The Morgan fingerprint density at radius 2 is 1.89 bits per heavy atom. The molecule has 3 rings (SSSR count). The summed E-state index contributed by atoms with van der Waals surface area (Å²) in [6, 6.07) is 11.0. The molecule has 98 valence electrons. The van der Waals surface area contributed by atoms with E-state index < -0.39 is 0 Å². The van der Waals surface area contributed by atoms with Crippen molar-refractivity contribution in [3.63, 3.8) is 0 Å². The van der Waals surface area contributed by atoms with E-state index >= 15 is 0 Å². The first kappa shape index (κ1) is 12.4. The Bertz CT molecular complexity index is 565. The summed E-state index contributed by atoms with van der Waals surface area (Å²) in [6.45, 7) is 0. The summed E-state index contributed by atoms with van der Waals surface area (Å²) in [4.78, 5) is 3.95. The van der Waals surface area contributed by atoms with E-state index in [1.165, 1.54) is 17.7 Å². The highest BCUT2D eigenvalue weighted by Crippen LogP contribution is 2.38. The van der Waals surface area contributed by atoms with Crippen molar-refractivity contribution in [2.45, 2.75) is 24.8 Å². The second-order valence-corrected chi connectivity index (χ2v) is 5.32. The van der Waals surface area contributed by atoms with Gasteiger partial charge >= 0.3 is 0 Å². The van der Waals surface area contributed by atoms with E-state index in [0.717, 1.165) is 18.5 Å². The normalized spacial score (nSPS) is 21.8. The van der Waals surface area contributed by atoms with E-state index in [-0.39, 0.29) is 5.82 Å². The minimum Gasteiger partial charge on any atom is -0.382 e. The molecule has 4 heteroatoms. The molecule has 1 aromatic carbocycles. The number of halogens is 2. The summed E-state index contributed by atoms with van der Waals surface area (Å²) in [7, 11) is 0. The van der Waals surface area contributed by atoms with Crippen LogP contribution in [-0.2, 0) is 0 Å². The number of aromatic nitrogens is 1. The van der Waals surface area contributed by atoms with Gasteiger partial charge in [0, 0.05) is 17.9 Å². The van der Waals surface area contributed by atoms with Crippen LogP contribution in [0, 0.1) is 5.82 Å². The molecular weight excluding hydrogens is 263 g/mol. The van der Waals surface area contributed by atoms with Gasteiger partial charge in [-0.15, -0.1) is 0 Å². The lowest BCUT2D eigenvalue weighted by Crippen LogP contribution is -2.33. The molecular formula is C15H14ClFN2. The van der Waals surface area contributed by atoms with Gasteiger partial charge in [0.05, 0.1) is 0 Å². The van der Waals surface area contributed by atoms with Crippen molar-refractivity contribution < 1.29 is 4.39 Å². The molecule has 0 atom stereocenters. The third-order valence-corrected chi connectivity index (χ3v) is 3.78. The molecule has 2 nitrogen and oxygen atoms in total. The number of nitrogens with one attached hydrogen (secondary N) is 1. The van der Waals surface area contributed by atoms with Crippen LogP contribution in [0.25, 0.3) is 0 Å². The van der Waals surface area contributed by atoms with E-state index in [1.807, 2.05) is 24.3 Å². The molecule has 1 saturated carbocycles. The fourth-order valence-electron chi connectivity index (χ4n) is 2.47. The summed E-state index contributed by atoms with van der Waals surface area (Å²) in [6.07, 6.45) is 3.82. The highest BCUT2D eigenvalue weighted by Gasteiger charge is 2.30. The Morgan fingerprint density at radius 1 is 1.16 bits per heavy atom. The number of rotatable bonds is 3. The summed E-state index contributed by atoms with van der Waals surface area (Å²) in [5.41, 5.74) is 2.22. The quantitative estimate of drug-likeness (QED) is 0.849. The van der Waals surface area contributed by atoms with Crippen LogP contribution in [0.5, 0.6) is 0 Å². The molecule has 0 saturated heterocycles. The third-order valence-electron chi connectivity index (χ3n) is 3.58. The van der Waals surface area contributed by atoms with Crippen LogP contribution in [0.15, 0.2) is 42.6 Å². The van der Waals surface area contributed by atoms with Crippen LogP contribution in [0.4, 0.5) is 10.1 Å². The molecule has 2 aromatic rings. The van der Waals surface area contributed by atoms with Crippen LogP contribution >= 0.6 is 11.6 Å². The Hall–Kier alpha value is -1.61. The van der Waals surface area contributed by atoms with Gasteiger partial charge in [-0.25, -0.2) is 9.37 Å². The largest absolute Gasteiger partial charge is 0.382 e. The summed E-state index contributed by atoms with van der Waals surface area (Å²) in [5.74, 6) is 0.347. The maximum Gasteiger partial charge on any atom is 0.131 e. The number of hydrogen-bond donors (Lipinski definition) is 1. The molecule has 0 unspecified atom stereocenters. The third kappa shape index (κ3) is 2.87. The molecule has 1 fully saturated rings. The first-order valence-electron chi connectivity index (χ1n) is 6.34. The van der Waals surface area contributed by atoms with Crippen molar-refractivity contribution in [1.29, 1.82) is 0 Å². The van der Waals surface area contributed by atoms with E-state index in [0.29, 0.717) is 17.1 Å². The van der Waals surface area contributed by atoms with Crippen molar-refractivity contribution in [2.75, 3.05) is 5.32 Å². The minimum atomic E-state index is -0.177. The summed E-state index contributed by atoms with van der Waals surface area (Å²) >= 11 is 5.84. The van der Waals surface area contributed by atoms with Gasteiger partial charge in [-0.2, -0.15) is 0 Å². The molecule has 1 aliphatic rings. The first-order valence-corrected chi connectivity index (χ1v) is 6.72.